The van der Waals surface area contributed by atoms with E-state index in [9.17, 15) is 19.2 Å². The number of hydrogen-bond acceptors (Lipinski definition) is 6. The lowest BCUT2D eigenvalue weighted by Crippen LogP contribution is -2.44. The lowest BCUT2D eigenvalue weighted by molar-refractivity contribution is -0.124. The quantitative estimate of drug-likeness (QED) is 0.531. The summed E-state index contributed by atoms with van der Waals surface area (Å²) in [6.07, 6.45) is -0.0190. The molecule has 1 aromatic heterocycles. The molecule has 0 aliphatic carbocycles. The number of amides is 2. The largest absolute Gasteiger partial charge is 0.495 e. The van der Waals surface area contributed by atoms with Crippen LogP contribution in [-0.4, -0.2) is 41.6 Å². The number of anilines is 3. The molecule has 10 heteroatoms. The molecule has 1 saturated heterocycles. The van der Waals surface area contributed by atoms with Crippen LogP contribution in [0.4, 0.5) is 17.2 Å². The van der Waals surface area contributed by atoms with Gasteiger partial charge in [0, 0.05) is 19.5 Å². The smallest absolute Gasteiger partial charge is 0.330 e. The van der Waals surface area contributed by atoms with E-state index in [0.717, 1.165) is 5.56 Å². The van der Waals surface area contributed by atoms with Crippen molar-refractivity contribution in [3.05, 3.63) is 81.0 Å². The minimum atomic E-state index is -0.752. The van der Waals surface area contributed by atoms with Crippen molar-refractivity contribution in [3.63, 3.8) is 0 Å². The Morgan fingerprint density at radius 1 is 1.11 bits per heavy atom. The van der Waals surface area contributed by atoms with E-state index < -0.39 is 23.1 Å². The number of para-hydroxylation sites is 2. The SMILES string of the molecule is CCN(C(=O)[C@@H]1CC(=O)N(c2ccccc2OC)C1)c1c(N)n(Cc2ccccc2)c(=O)[nH]c1=O. The topological polar surface area (TPSA) is 131 Å². The van der Waals surface area contributed by atoms with Gasteiger partial charge in [-0.3, -0.25) is 23.9 Å². The third kappa shape index (κ3) is 4.54. The van der Waals surface area contributed by atoms with Crippen LogP contribution in [0.3, 0.4) is 0 Å². The summed E-state index contributed by atoms with van der Waals surface area (Å²) in [6, 6.07) is 16.2. The highest BCUT2D eigenvalue weighted by molar-refractivity contribution is 6.05. The molecule has 0 saturated carbocycles. The highest BCUT2D eigenvalue weighted by atomic mass is 16.5. The Hall–Kier alpha value is -4.34. The van der Waals surface area contributed by atoms with E-state index in [2.05, 4.69) is 4.98 Å². The number of nitrogens with zero attached hydrogens (tertiary/aromatic N) is 3. The number of ether oxygens (including phenoxy) is 1. The van der Waals surface area contributed by atoms with Crippen LogP contribution in [0.15, 0.2) is 64.2 Å². The summed E-state index contributed by atoms with van der Waals surface area (Å²) in [5.74, 6) is -0.917. The highest BCUT2D eigenvalue weighted by Gasteiger charge is 2.39. The van der Waals surface area contributed by atoms with E-state index in [1.54, 1.807) is 31.2 Å². The Bertz CT molecular complexity index is 1360. The fraction of sp³-hybridized carbons (Fsp3) is 0.280. The van der Waals surface area contributed by atoms with E-state index in [0.29, 0.717) is 11.4 Å². The Labute approximate surface area is 201 Å². The minimum absolute atomic E-state index is 0.0190. The average molecular weight is 478 g/mol. The van der Waals surface area contributed by atoms with Gasteiger partial charge in [0.25, 0.3) is 5.56 Å². The maximum absolute atomic E-state index is 13.5. The molecule has 0 bridgehead atoms. The van der Waals surface area contributed by atoms with Gasteiger partial charge in [0.15, 0.2) is 5.69 Å². The van der Waals surface area contributed by atoms with Gasteiger partial charge in [-0.2, -0.15) is 0 Å². The maximum atomic E-state index is 13.5. The molecule has 1 aliphatic rings. The van der Waals surface area contributed by atoms with E-state index >= 15 is 0 Å². The Kier molecular flexibility index (Phi) is 6.72. The number of nitrogens with two attached hydrogens (primary N) is 1. The van der Waals surface area contributed by atoms with Gasteiger partial charge in [-0.1, -0.05) is 42.5 Å². The summed E-state index contributed by atoms with van der Waals surface area (Å²) >= 11 is 0. The molecule has 1 aliphatic heterocycles. The molecule has 2 aromatic carbocycles. The first-order valence-electron chi connectivity index (χ1n) is 11.3. The van der Waals surface area contributed by atoms with Gasteiger partial charge in [-0.25, -0.2) is 4.79 Å². The average Bonchev–Trinajstić information content (AvgIpc) is 3.25. The van der Waals surface area contributed by atoms with E-state index in [4.69, 9.17) is 10.5 Å². The van der Waals surface area contributed by atoms with Crippen LogP contribution >= 0.6 is 0 Å². The molecular weight excluding hydrogens is 450 g/mol. The summed E-state index contributed by atoms with van der Waals surface area (Å²) in [6.45, 7) is 2.10. The number of H-pyrrole nitrogens is 1. The van der Waals surface area contributed by atoms with Gasteiger partial charge in [0.2, 0.25) is 11.8 Å². The van der Waals surface area contributed by atoms with Crippen LogP contribution < -0.4 is 31.5 Å². The molecule has 1 atom stereocenters. The molecule has 2 heterocycles. The molecule has 3 aromatic rings. The van der Waals surface area contributed by atoms with Gasteiger partial charge in [-0.05, 0) is 24.6 Å². The second-order valence-electron chi connectivity index (χ2n) is 8.22. The number of benzene rings is 2. The highest BCUT2D eigenvalue weighted by Crippen LogP contribution is 2.34. The molecule has 0 spiro atoms. The van der Waals surface area contributed by atoms with Gasteiger partial charge in [-0.15, -0.1) is 0 Å². The van der Waals surface area contributed by atoms with Crippen molar-refractivity contribution in [2.45, 2.75) is 19.9 Å². The first-order valence-corrected chi connectivity index (χ1v) is 11.3. The lowest BCUT2D eigenvalue weighted by atomic mass is 10.1. The number of nitrogens with one attached hydrogen (secondary N) is 1. The van der Waals surface area contributed by atoms with Crippen molar-refractivity contribution < 1.29 is 14.3 Å². The van der Waals surface area contributed by atoms with E-state index in [1.165, 1.54) is 21.5 Å². The molecule has 3 N–H and O–H groups in total. The Balaban J connectivity index is 1.65. The molecule has 1 fully saturated rings. The van der Waals surface area contributed by atoms with E-state index in [-0.39, 0.29) is 43.5 Å². The Morgan fingerprint density at radius 3 is 2.49 bits per heavy atom. The number of carbonyl (C=O) groups is 2. The Morgan fingerprint density at radius 2 is 1.80 bits per heavy atom. The summed E-state index contributed by atoms with van der Waals surface area (Å²) in [4.78, 5) is 56.7. The zero-order chi connectivity index (χ0) is 25.1. The first-order chi connectivity index (χ1) is 16.8. The van der Waals surface area contributed by atoms with Gasteiger partial charge < -0.3 is 20.3 Å². The van der Waals surface area contributed by atoms with Crippen LogP contribution in [-0.2, 0) is 16.1 Å². The monoisotopic (exact) mass is 477 g/mol. The second-order valence-corrected chi connectivity index (χ2v) is 8.22. The standard InChI is InChI=1S/C25H27N5O5/c1-3-28(21-22(26)30(25(34)27-23(21)32)14-16-9-5-4-6-10-16)24(33)17-13-20(31)29(15-17)18-11-7-8-12-19(18)35-2/h4-12,17H,3,13-15,26H2,1-2H3,(H,27,32,34)/t17-/m1/s1. The fourth-order valence-corrected chi connectivity index (χ4v) is 4.36. The number of hydrogen-bond donors (Lipinski definition) is 2. The molecule has 35 heavy (non-hydrogen) atoms. The van der Waals surface area contributed by atoms with Crippen LogP contribution in [0.1, 0.15) is 18.9 Å². The number of aromatic amines is 1. The molecular formula is C25H27N5O5. The van der Waals surface area contributed by atoms with Crippen molar-refractivity contribution in [1.82, 2.24) is 9.55 Å². The third-order valence-corrected chi connectivity index (χ3v) is 6.10. The predicted octanol–water partition coefficient (Wildman–Crippen LogP) is 1.58. The van der Waals surface area contributed by atoms with Crippen molar-refractivity contribution in [3.8, 4) is 5.75 Å². The summed E-state index contributed by atoms with van der Waals surface area (Å²) in [7, 11) is 1.51. The van der Waals surface area contributed by atoms with Crippen LogP contribution in [0.25, 0.3) is 0 Å². The van der Waals surface area contributed by atoms with Crippen LogP contribution in [0.5, 0.6) is 5.75 Å². The summed E-state index contributed by atoms with van der Waals surface area (Å²) in [5.41, 5.74) is 6.15. The molecule has 10 nitrogen and oxygen atoms in total. The van der Waals surface area contributed by atoms with Crippen molar-refractivity contribution in [1.29, 1.82) is 0 Å². The fourth-order valence-electron chi connectivity index (χ4n) is 4.36. The molecule has 182 valence electrons. The summed E-state index contributed by atoms with van der Waals surface area (Å²) < 4.78 is 6.59. The minimum Gasteiger partial charge on any atom is -0.495 e. The predicted molar refractivity (Wildman–Crippen MR) is 133 cm³/mol. The maximum Gasteiger partial charge on any atom is 0.330 e. The number of rotatable bonds is 7. The number of nitrogen functional groups attached to an aromatic ring is 1. The van der Waals surface area contributed by atoms with Gasteiger partial charge >= 0.3 is 5.69 Å². The molecule has 0 radical (unpaired) electrons. The van der Waals surface area contributed by atoms with Crippen LogP contribution in [0.2, 0.25) is 0 Å². The zero-order valence-electron chi connectivity index (χ0n) is 19.6. The normalized spacial score (nSPS) is 15.3. The second kappa shape index (κ2) is 9.88. The lowest BCUT2D eigenvalue weighted by Gasteiger charge is -2.26. The van der Waals surface area contributed by atoms with Crippen molar-refractivity contribution in [2.75, 3.05) is 35.7 Å². The first kappa shape index (κ1) is 23.8. The van der Waals surface area contributed by atoms with Crippen LogP contribution in [0, 0.1) is 5.92 Å². The van der Waals surface area contributed by atoms with Gasteiger partial charge in [0.05, 0.1) is 25.3 Å². The van der Waals surface area contributed by atoms with Crippen molar-refractivity contribution in [2.24, 2.45) is 5.92 Å². The van der Waals surface area contributed by atoms with Crippen molar-refractivity contribution >= 4 is 29.0 Å². The molecule has 0 unspecified atom stereocenters. The third-order valence-electron chi connectivity index (χ3n) is 6.10. The number of methoxy groups -OCH3 is 1. The van der Waals surface area contributed by atoms with Gasteiger partial charge in [0.1, 0.15) is 11.6 Å². The number of carbonyl (C=O) groups excluding carboxylic acids is 2. The molecule has 4 rings (SSSR count). The molecule has 2 amide bonds. The zero-order valence-corrected chi connectivity index (χ0v) is 19.6. The summed E-state index contributed by atoms with van der Waals surface area (Å²) in [5, 5.41) is 0. The number of aromatic nitrogens is 2. The van der Waals surface area contributed by atoms with E-state index in [1.807, 2.05) is 30.3 Å².